The molecule has 0 aliphatic carbocycles. The number of hydrogen-bond donors (Lipinski definition) is 0. The monoisotopic (exact) mass is 377 g/mol. The fourth-order valence-electron chi connectivity index (χ4n) is 1.43. The number of amides is 1. The van der Waals surface area contributed by atoms with Gasteiger partial charge < -0.3 is 4.74 Å². The zero-order valence-electron chi connectivity index (χ0n) is 11.0. The van der Waals surface area contributed by atoms with Crippen molar-refractivity contribution in [2.24, 2.45) is 0 Å². The summed E-state index contributed by atoms with van der Waals surface area (Å²) in [5, 5.41) is 0. The molecule has 5 heteroatoms. The highest BCUT2D eigenvalue weighted by atomic mass is 79.9. The molecule has 0 bridgehead atoms. The predicted molar refractivity (Wildman–Crippen MR) is 81.1 cm³/mol. The summed E-state index contributed by atoms with van der Waals surface area (Å²) in [4.78, 5) is 13.7. The van der Waals surface area contributed by atoms with E-state index >= 15 is 0 Å². The minimum Gasteiger partial charge on any atom is -0.443 e. The summed E-state index contributed by atoms with van der Waals surface area (Å²) in [5.41, 5.74) is 0.307. The molecule has 0 atom stereocenters. The van der Waals surface area contributed by atoms with E-state index in [-0.39, 0.29) is 6.09 Å². The molecule has 1 aromatic rings. The van der Waals surface area contributed by atoms with E-state index in [2.05, 4.69) is 31.9 Å². The summed E-state index contributed by atoms with van der Waals surface area (Å²) < 4.78 is 7.20. The van der Waals surface area contributed by atoms with Crippen LogP contribution in [0.15, 0.2) is 27.1 Å². The summed E-state index contributed by atoms with van der Waals surface area (Å²) >= 11 is 6.82. The number of ether oxygens (including phenoxy) is 1. The topological polar surface area (TPSA) is 29.5 Å². The molecule has 0 heterocycles. The lowest BCUT2D eigenvalue weighted by Gasteiger charge is -2.26. The second kappa shape index (κ2) is 6.06. The molecule has 100 valence electrons. The summed E-state index contributed by atoms with van der Waals surface area (Å²) in [6, 6.07) is 5.70. The maximum Gasteiger partial charge on any atom is 0.414 e. The second-order valence-electron chi connectivity index (χ2n) is 4.85. The quantitative estimate of drug-likeness (QED) is 0.726. The van der Waals surface area contributed by atoms with Crippen molar-refractivity contribution in [3.8, 4) is 0 Å². The van der Waals surface area contributed by atoms with Gasteiger partial charge in [0.05, 0.1) is 0 Å². The van der Waals surface area contributed by atoms with Crippen molar-refractivity contribution in [3.05, 3.63) is 27.1 Å². The van der Waals surface area contributed by atoms with E-state index in [9.17, 15) is 4.79 Å². The van der Waals surface area contributed by atoms with Crippen LogP contribution in [-0.2, 0) is 4.74 Å². The van der Waals surface area contributed by atoms with Gasteiger partial charge in [0, 0.05) is 21.2 Å². The Morgan fingerprint density at radius 1 is 1.22 bits per heavy atom. The van der Waals surface area contributed by atoms with Crippen LogP contribution in [0.4, 0.5) is 10.5 Å². The van der Waals surface area contributed by atoms with E-state index in [1.165, 1.54) is 0 Å². The van der Waals surface area contributed by atoms with Crippen molar-refractivity contribution in [1.29, 1.82) is 0 Å². The first-order valence-electron chi connectivity index (χ1n) is 5.69. The number of rotatable bonds is 2. The van der Waals surface area contributed by atoms with Crippen LogP contribution < -0.4 is 4.90 Å². The highest BCUT2D eigenvalue weighted by Crippen LogP contribution is 2.27. The molecule has 0 N–H and O–H groups in total. The highest BCUT2D eigenvalue weighted by Gasteiger charge is 2.22. The van der Waals surface area contributed by atoms with Crippen LogP contribution in [0, 0.1) is 0 Å². The van der Waals surface area contributed by atoms with E-state index in [0.29, 0.717) is 6.54 Å². The van der Waals surface area contributed by atoms with Gasteiger partial charge in [-0.1, -0.05) is 31.9 Å². The Kier molecular flexibility index (Phi) is 5.22. The zero-order chi connectivity index (χ0) is 13.9. The van der Waals surface area contributed by atoms with Gasteiger partial charge in [-0.25, -0.2) is 4.79 Å². The average Bonchev–Trinajstić information content (AvgIpc) is 2.13. The average molecular weight is 379 g/mol. The van der Waals surface area contributed by atoms with Gasteiger partial charge >= 0.3 is 6.09 Å². The third-order valence-corrected chi connectivity index (χ3v) is 3.00. The first-order chi connectivity index (χ1) is 8.23. The van der Waals surface area contributed by atoms with Crippen LogP contribution in [-0.4, -0.2) is 18.2 Å². The Bertz CT molecular complexity index is 421. The van der Waals surface area contributed by atoms with Gasteiger partial charge in [0.25, 0.3) is 0 Å². The van der Waals surface area contributed by atoms with E-state index in [1.54, 1.807) is 4.90 Å². The first-order valence-corrected chi connectivity index (χ1v) is 7.28. The van der Waals surface area contributed by atoms with Gasteiger partial charge in [0.15, 0.2) is 0 Å². The third kappa shape index (κ3) is 4.61. The summed E-state index contributed by atoms with van der Waals surface area (Å²) in [7, 11) is 0. The Balaban J connectivity index is 2.99. The van der Waals surface area contributed by atoms with E-state index in [1.807, 2.05) is 45.9 Å². The zero-order valence-corrected chi connectivity index (χ0v) is 14.1. The lowest BCUT2D eigenvalue weighted by molar-refractivity contribution is 0.0582. The molecule has 0 saturated carbocycles. The van der Waals surface area contributed by atoms with Crippen molar-refractivity contribution in [2.45, 2.75) is 33.3 Å². The van der Waals surface area contributed by atoms with Crippen LogP contribution in [0.5, 0.6) is 0 Å². The minimum absolute atomic E-state index is 0.338. The molecule has 3 nitrogen and oxygen atoms in total. The molecular formula is C13H17Br2NO2. The molecule has 0 aliphatic heterocycles. The minimum atomic E-state index is -0.492. The highest BCUT2D eigenvalue weighted by molar-refractivity contribution is 9.11. The largest absolute Gasteiger partial charge is 0.443 e. The Hall–Kier alpha value is -0.550. The number of halogens is 2. The molecule has 18 heavy (non-hydrogen) atoms. The Labute approximate surface area is 125 Å². The van der Waals surface area contributed by atoms with Crippen molar-refractivity contribution >= 4 is 43.6 Å². The lowest BCUT2D eigenvalue weighted by Crippen LogP contribution is -2.36. The van der Waals surface area contributed by atoms with Gasteiger partial charge in [0.2, 0.25) is 0 Å². The smallest absolute Gasteiger partial charge is 0.414 e. The summed E-state index contributed by atoms with van der Waals surface area (Å²) in [5.74, 6) is 0. The lowest BCUT2D eigenvalue weighted by atomic mass is 10.2. The fraction of sp³-hybridized carbons (Fsp3) is 0.462. The Morgan fingerprint density at radius 2 is 1.72 bits per heavy atom. The maximum absolute atomic E-state index is 12.1. The van der Waals surface area contributed by atoms with Crippen LogP contribution in [0.25, 0.3) is 0 Å². The molecular weight excluding hydrogens is 362 g/mol. The van der Waals surface area contributed by atoms with Crippen molar-refractivity contribution in [1.82, 2.24) is 0 Å². The number of nitrogens with zero attached hydrogens (tertiary/aromatic N) is 1. The van der Waals surface area contributed by atoms with Gasteiger partial charge in [-0.05, 0) is 45.9 Å². The van der Waals surface area contributed by atoms with E-state index < -0.39 is 5.60 Å². The van der Waals surface area contributed by atoms with Crippen molar-refractivity contribution in [3.63, 3.8) is 0 Å². The van der Waals surface area contributed by atoms with E-state index in [0.717, 1.165) is 14.6 Å². The van der Waals surface area contributed by atoms with Crippen LogP contribution in [0.3, 0.4) is 0 Å². The molecule has 1 rings (SSSR count). The predicted octanol–water partition coefficient (Wildman–Crippen LogP) is 4.97. The molecule has 0 aliphatic rings. The van der Waals surface area contributed by atoms with E-state index in [4.69, 9.17) is 4.74 Å². The molecule has 0 fully saturated rings. The standard InChI is InChI=1S/C13H17Br2NO2/c1-5-16(12(17)18-13(2,3)4)11-7-9(14)6-10(15)8-11/h6-8H,5H2,1-4H3. The van der Waals surface area contributed by atoms with Gasteiger partial charge in [-0.3, -0.25) is 4.90 Å². The second-order valence-corrected chi connectivity index (χ2v) is 6.68. The van der Waals surface area contributed by atoms with Gasteiger partial charge in [0.1, 0.15) is 5.60 Å². The maximum atomic E-state index is 12.1. The third-order valence-electron chi connectivity index (χ3n) is 2.09. The number of carbonyl (C=O) groups is 1. The van der Waals surface area contributed by atoms with Crippen molar-refractivity contribution < 1.29 is 9.53 Å². The number of benzene rings is 1. The Morgan fingerprint density at radius 3 is 2.11 bits per heavy atom. The van der Waals surface area contributed by atoms with Gasteiger partial charge in [-0.15, -0.1) is 0 Å². The number of hydrogen-bond acceptors (Lipinski definition) is 2. The molecule has 0 aromatic heterocycles. The van der Waals surface area contributed by atoms with Crippen LogP contribution in [0.2, 0.25) is 0 Å². The number of anilines is 1. The first kappa shape index (κ1) is 15.5. The molecule has 0 saturated heterocycles. The molecule has 1 aromatic carbocycles. The molecule has 1 amide bonds. The SMILES string of the molecule is CCN(C(=O)OC(C)(C)C)c1cc(Br)cc(Br)c1. The molecule has 0 radical (unpaired) electrons. The normalized spacial score (nSPS) is 11.2. The van der Waals surface area contributed by atoms with Gasteiger partial charge in [-0.2, -0.15) is 0 Å². The summed E-state index contributed by atoms with van der Waals surface area (Å²) in [6.07, 6.45) is -0.338. The molecule has 0 unspecified atom stereocenters. The van der Waals surface area contributed by atoms with Crippen LogP contribution >= 0.6 is 31.9 Å². The molecule has 0 spiro atoms. The number of carbonyl (C=O) groups excluding carboxylic acids is 1. The summed E-state index contributed by atoms with van der Waals surface area (Å²) in [6.45, 7) is 8.04. The fourth-order valence-corrected chi connectivity index (χ4v) is 2.70. The van der Waals surface area contributed by atoms with Crippen molar-refractivity contribution in [2.75, 3.05) is 11.4 Å². The van der Waals surface area contributed by atoms with Crippen LogP contribution in [0.1, 0.15) is 27.7 Å².